The predicted molar refractivity (Wildman–Crippen MR) is 142 cm³/mol. The third-order valence-corrected chi connectivity index (χ3v) is 7.99. The van der Waals surface area contributed by atoms with Crippen LogP contribution >= 0.6 is 0 Å². The van der Waals surface area contributed by atoms with E-state index in [4.69, 9.17) is 0 Å². The number of nitrogens with zero attached hydrogens (tertiary/aromatic N) is 4. The van der Waals surface area contributed by atoms with E-state index in [1.54, 1.807) is 12.1 Å². The molecule has 0 bridgehead atoms. The minimum absolute atomic E-state index is 0.265. The molecule has 6 heteroatoms. The molecule has 0 radical (unpaired) electrons. The summed E-state index contributed by atoms with van der Waals surface area (Å²) in [6.07, 6.45) is 0. The van der Waals surface area contributed by atoms with E-state index in [2.05, 4.69) is 71.6 Å². The highest BCUT2D eigenvalue weighted by Crippen LogP contribution is 2.27. The minimum Gasteiger partial charge on any atom is -0.478 e. The number of carboxylic acid groups (broad SMARTS) is 1. The maximum Gasteiger partial charge on any atom is 0.335 e. The number of piperazine rings is 2. The van der Waals surface area contributed by atoms with Crippen LogP contribution in [-0.2, 0) is 13.1 Å². The van der Waals surface area contributed by atoms with Crippen LogP contribution in [0.3, 0.4) is 0 Å². The molecule has 2 fully saturated rings. The Hall–Kier alpha value is -2.25. The average Bonchev–Trinajstić information content (AvgIpc) is 2.86. The van der Waals surface area contributed by atoms with Gasteiger partial charge in [-0.15, -0.1) is 0 Å². The summed E-state index contributed by atoms with van der Waals surface area (Å²) in [4.78, 5) is 21.5. The second-order valence-electron chi connectivity index (χ2n) is 10.5. The van der Waals surface area contributed by atoms with Crippen molar-refractivity contribution < 1.29 is 9.90 Å². The summed E-state index contributed by atoms with van der Waals surface area (Å²) in [5.74, 6) is -0.872. The molecule has 190 valence electrons. The number of hydrogen-bond donors (Lipinski definition) is 1. The van der Waals surface area contributed by atoms with E-state index in [0.29, 0.717) is 17.6 Å². The Bertz CT molecular complexity index is 959. The van der Waals surface area contributed by atoms with Gasteiger partial charge in [-0.1, -0.05) is 43.3 Å². The molecular formula is C29H42N4O2. The number of carbonyl (C=O) groups is 1. The van der Waals surface area contributed by atoms with Crippen LogP contribution in [0.15, 0.2) is 48.5 Å². The number of likely N-dealkylation sites (N-methyl/N-ethyl adjacent to an activating group) is 1. The van der Waals surface area contributed by atoms with Crippen molar-refractivity contribution in [2.45, 2.75) is 58.9 Å². The molecule has 0 aromatic heterocycles. The van der Waals surface area contributed by atoms with Crippen LogP contribution in [0.1, 0.15) is 60.8 Å². The van der Waals surface area contributed by atoms with Crippen LogP contribution in [0, 0.1) is 0 Å². The van der Waals surface area contributed by atoms with E-state index in [1.807, 2.05) is 12.1 Å². The molecule has 1 unspecified atom stereocenters. The van der Waals surface area contributed by atoms with E-state index >= 15 is 0 Å². The first-order valence-electron chi connectivity index (χ1n) is 13.2. The maximum absolute atomic E-state index is 11.2. The standard InChI is InChI=1S/C29H42N4O2/c1-5-30-13-15-31(16-14-30)20-25-7-6-8-26(17-25)21-33-22(2)18-32(19-23(33)3)24(4)27-9-11-28(12-10-27)29(34)35/h6-12,17,22-24H,5,13-16,18-21H2,1-4H3,(H,34,35)/t22-,23+,24?. The van der Waals surface area contributed by atoms with E-state index in [-0.39, 0.29) is 6.04 Å². The first-order chi connectivity index (χ1) is 16.8. The SMILES string of the molecule is CCN1CCN(Cc2cccc(CN3[C@H](C)CN(C(C)c4ccc(C(=O)O)cc4)C[C@@H]3C)c2)CC1. The van der Waals surface area contributed by atoms with Crippen molar-refractivity contribution in [3.8, 4) is 0 Å². The third kappa shape index (κ3) is 6.50. The van der Waals surface area contributed by atoms with Crippen molar-refractivity contribution in [3.63, 3.8) is 0 Å². The average molecular weight is 479 g/mol. The molecule has 0 aliphatic carbocycles. The van der Waals surface area contributed by atoms with Gasteiger partial charge in [0.05, 0.1) is 5.56 Å². The van der Waals surface area contributed by atoms with Gasteiger partial charge in [-0.3, -0.25) is 14.7 Å². The van der Waals surface area contributed by atoms with E-state index in [9.17, 15) is 9.90 Å². The van der Waals surface area contributed by atoms with E-state index in [1.165, 1.54) is 29.8 Å². The lowest BCUT2D eigenvalue weighted by Crippen LogP contribution is -2.56. The number of aromatic carboxylic acids is 1. The summed E-state index contributed by atoms with van der Waals surface area (Å²) >= 11 is 0. The quantitative estimate of drug-likeness (QED) is 0.614. The van der Waals surface area contributed by atoms with E-state index < -0.39 is 5.97 Å². The molecule has 0 amide bonds. The second kappa shape index (κ2) is 11.7. The monoisotopic (exact) mass is 478 g/mol. The maximum atomic E-state index is 11.2. The number of rotatable bonds is 8. The van der Waals surface area contributed by atoms with Gasteiger partial charge < -0.3 is 10.0 Å². The highest BCUT2D eigenvalue weighted by Gasteiger charge is 2.32. The Balaban J connectivity index is 1.34. The Morgan fingerprint density at radius 2 is 1.49 bits per heavy atom. The summed E-state index contributed by atoms with van der Waals surface area (Å²) in [5, 5.41) is 9.18. The molecule has 3 atom stereocenters. The summed E-state index contributed by atoms with van der Waals surface area (Å²) in [6.45, 7) is 19.0. The van der Waals surface area contributed by atoms with Crippen LogP contribution in [-0.4, -0.2) is 88.6 Å². The van der Waals surface area contributed by atoms with E-state index in [0.717, 1.165) is 45.8 Å². The molecule has 2 aliphatic rings. The van der Waals surface area contributed by atoms with Gasteiger partial charge in [-0.25, -0.2) is 4.79 Å². The fourth-order valence-corrected chi connectivity index (χ4v) is 5.70. The molecule has 6 nitrogen and oxygen atoms in total. The van der Waals surface area contributed by atoms with Crippen molar-refractivity contribution in [2.24, 2.45) is 0 Å². The molecule has 0 saturated carbocycles. The van der Waals surface area contributed by atoms with Crippen molar-refractivity contribution in [1.82, 2.24) is 19.6 Å². The molecular weight excluding hydrogens is 436 g/mol. The van der Waals surface area contributed by atoms with Gasteiger partial charge in [0.1, 0.15) is 0 Å². The molecule has 4 rings (SSSR count). The summed E-state index contributed by atoms with van der Waals surface area (Å²) < 4.78 is 0. The summed E-state index contributed by atoms with van der Waals surface area (Å²) in [6, 6.07) is 17.7. The van der Waals surface area contributed by atoms with Crippen LogP contribution in [0.4, 0.5) is 0 Å². The zero-order chi connectivity index (χ0) is 24.9. The highest BCUT2D eigenvalue weighted by molar-refractivity contribution is 5.87. The molecule has 35 heavy (non-hydrogen) atoms. The largest absolute Gasteiger partial charge is 0.478 e. The Morgan fingerprint density at radius 1 is 0.914 bits per heavy atom. The first-order valence-corrected chi connectivity index (χ1v) is 13.2. The second-order valence-corrected chi connectivity index (χ2v) is 10.5. The van der Waals surface area contributed by atoms with Crippen LogP contribution < -0.4 is 0 Å². The van der Waals surface area contributed by atoms with Crippen molar-refractivity contribution in [2.75, 3.05) is 45.8 Å². The van der Waals surface area contributed by atoms with Gasteiger partial charge in [0.15, 0.2) is 0 Å². The first kappa shape index (κ1) is 25.8. The molecule has 2 aromatic carbocycles. The van der Waals surface area contributed by atoms with Gasteiger partial charge >= 0.3 is 5.97 Å². The van der Waals surface area contributed by atoms with Crippen molar-refractivity contribution >= 4 is 5.97 Å². The van der Waals surface area contributed by atoms with Crippen LogP contribution in [0.2, 0.25) is 0 Å². The van der Waals surface area contributed by atoms with Gasteiger partial charge in [-0.2, -0.15) is 0 Å². The molecule has 2 aromatic rings. The fourth-order valence-electron chi connectivity index (χ4n) is 5.70. The van der Waals surface area contributed by atoms with Crippen LogP contribution in [0.5, 0.6) is 0 Å². The van der Waals surface area contributed by atoms with Crippen molar-refractivity contribution in [3.05, 3.63) is 70.8 Å². The number of hydrogen-bond acceptors (Lipinski definition) is 5. The lowest BCUT2D eigenvalue weighted by atomic mass is 9.99. The molecule has 1 N–H and O–H groups in total. The Kier molecular flexibility index (Phi) is 8.60. The Morgan fingerprint density at radius 3 is 2.06 bits per heavy atom. The van der Waals surface area contributed by atoms with Gasteiger partial charge in [-0.05, 0) is 56.1 Å². The molecule has 2 saturated heterocycles. The van der Waals surface area contributed by atoms with Crippen molar-refractivity contribution in [1.29, 1.82) is 0 Å². The normalized spacial score (nSPS) is 23.9. The molecule has 0 spiro atoms. The zero-order valence-corrected chi connectivity index (χ0v) is 21.9. The third-order valence-electron chi connectivity index (χ3n) is 7.99. The molecule has 2 aliphatic heterocycles. The topological polar surface area (TPSA) is 50.3 Å². The Labute approximate surface area is 211 Å². The smallest absolute Gasteiger partial charge is 0.335 e. The lowest BCUT2D eigenvalue weighted by Gasteiger charge is -2.46. The fraction of sp³-hybridized carbons (Fsp3) is 0.552. The lowest BCUT2D eigenvalue weighted by molar-refractivity contribution is 0.0143. The van der Waals surface area contributed by atoms with Gasteiger partial charge in [0, 0.05) is 70.5 Å². The molecule has 2 heterocycles. The minimum atomic E-state index is -0.872. The predicted octanol–water partition coefficient (Wildman–Crippen LogP) is 4.18. The van der Waals surface area contributed by atoms with Gasteiger partial charge in [0.25, 0.3) is 0 Å². The zero-order valence-electron chi connectivity index (χ0n) is 21.9. The number of carboxylic acids is 1. The summed E-state index contributed by atoms with van der Waals surface area (Å²) in [5.41, 5.74) is 4.34. The summed E-state index contributed by atoms with van der Waals surface area (Å²) in [7, 11) is 0. The van der Waals surface area contributed by atoms with Gasteiger partial charge in [0.2, 0.25) is 0 Å². The number of benzene rings is 2. The van der Waals surface area contributed by atoms with Crippen LogP contribution in [0.25, 0.3) is 0 Å². The highest BCUT2D eigenvalue weighted by atomic mass is 16.4.